The van der Waals surface area contributed by atoms with Crippen molar-refractivity contribution in [3.8, 4) is 0 Å². The van der Waals surface area contributed by atoms with Crippen LogP contribution in [-0.4, -0.2) is 11.2 Å². The van der Waals surface area contributed by atoms with Gasteiger partial charge in [-0.15, -0.1) is 0 Å². The lowest BCUT2D eigenvalue weighted by Gasteiger charge is -2.18. The molecule has 0 heterocycles. The molecule has 2 rings (SSSR count). The van der Waals surface area contributed by atoms with E-state index >= 15 is 0 Å². The lowest BCUT2D eigenvalue weighted by molar-refractivity contribution is 0.170. The summed E-state index contributed by atoms with van der Waals surface area (Å²) in [4.78, 5) is 8.78. The molecule has 1 atom stereocenters. The van der Waals surface area contributed by atoms with Crippen molar-refractivity contribution in [2.45, 2.75) is 13.2 Å². The van der Waals surface area contributed by atoms with Crippen LogP contribution in [0.3, 0.4) is 0 Å². The van der Waals surface area contributed by atoms with Gasteiger partial charge in [0.1, 0.15) is 0 Å². The van der Waals surface area contributed by atoms with E-state index in [-0.39, 0.29) is 13.2 Å². The van der Waals surface area contributed by atoms with E-state index in [1.165, 1.54) is 0 Å². The van der Waals surface area contributed by atoms with Gasteiger partial charge in [0, 0.05) is 0 Å². The van der Waals surface area contributed by atoms with Crippen LogP contribution in [0.25, 0.3) is 0 Å². The van der Waals surface area contributed by atoms with E-state index in [9.17, 15) is 9.13 Å². The molecule has 0 radical (unpaired) electrons. The predicted octanol–water partition coefficient (Wildman–Crippen LogP) is 3.97. The molecule has 124 valence electrons. The second-order valence-corrected chi connectivity index (χ2v) is 7.49. The third-order valence-electron chi connectivity index (χ3n) is 2.89. The van der Waals surface area contributed by atoms with Crippen molar-refractivity contribution in [1.82, 2.24) is 0 Å². The van der Waals surface area contributed by atoms with Crippen LogP contribution in [-0.2, 0) is 35.9 Å². The van der Waals surface area contributed by atoms with Gasteiger partial charge in [0.05, 0.1) is 13.2 Å². The van der Waals surface area contributed by atoms with Crippen LogP contribution in [0.1, 0.15) is 11.1 Å². The molecule has 6 nitrogen and oxygen atoms in total. The molecule has 2 aromatic rings. The first-order valence-electron chi connectivity index (χ1n) is 6.89. The molecule has 0 fully saturated rings. The van der Waals surface area contributed by atoms with Gasteiger partial charge in [0.2, 0.25) is 0 Å². The Labute approximate surface area is 135 Å². The summed E-state index contributed by atoms with van der Waals surface area (Å²) in [5.41, 5.74) is 1.63. The van der Waals surface area contributed by atoms with E-state index in [1.807, 2.05) is 60.7 Å². The molecule has 0 aliphatic carbocycles. The minimum Gasteiger partial charge on any atom is -0.326 e. The van der Waals surface area contributed by atoms with Gasteiger partial charge in [-0.3, -0.25) is 13.7 Å². The van der Waals surface area contributed by atoms with Crippen LogP contribution in [0.15, 0.2) is 60.7 Å². The van der Waals surface area contributed by atoms with Crippen molar-refractivity contribution in [3.05, 3.63) is 71.8 Å². The fourth-order valence-corrected chi connectivity index (χ4v) is 3.73. The van der Waals surface area contributed by atoms with Crippen LogP contribution in [0.2, 0.25) is 0 Å². The van der Waals surface area contributed by atoms with Gasteiger partial charge in [0.25, 0.3) is 0 Å². The Bertz CT molecular complexity index is 615. The summed E-state index contributed by atoms with van der Waals surface area (Å²) in [5.74, 6) is 0. The van der Waals surface area contributed by atoms with Crippen LogP contribution in [0, 0.1) is 0 Å². The van der Waals surface area contributed by atoms with Gasteiger partial charge in [-0.05, 0) is 11.1 Å². The second-order valence-electron chi connectivity index (χ2n) is 4.67. The molecular formula is C15H18O6P2. The summed E-state index contributed by atoms with van der Waals surface area (Å²) in [6.45, 7) is 0.116. The topological polar surface area (TPSA) is 82.1 Å². The van der Waals surface area contributed by atoms with Crippen molar-refractivity contribution in [2.24, 2.45) is 0 Å². The number of hydrogen-bond acceptors (Lipinski definition) is 5. The molecule has 0 spiro atoms. The van der Waals surface area contributed by atoms with Crippen molar-refractivity contribution < 1.29 is 27.6 Å². The highest BCUT2D eigenvalue weighted by molar-refractivity contribution is 7.54. The molecule has 0 aliphatic heterocycles. The second kappa shape index (κ2) is 9.14. The maximum atomic E-state index is 12.7. The van der Waals surface area contributed by atoms with Gasteiger partial charge in [-0.25, -0.2) is 0 Å². The quantitative estimate of drug-likeness (QED) is 0.685. The monoisotopic (exact) mass is 356 g/mol. The summed E-state index contributed by atoms with van der Waals surface area (Å²) >= 11 is 0. The van der Waals surface area contributed by atoms with Crippen LogP contribution in [0.4, 0.5) is 0 Å². The Morgan fingerprint density at radius 3 is 1.70 bits per heavy atom. The maximum Gasteiger partial charge on any atom is 0.357 e. The smallest absolute Gasteiger partial charge is 0.326 e. The van der Waals surface area contributed by atoms with Crippen LogP contribution in [0.5, 0.6) is 0 Å². The van der Waals surface area contributed by atoms with E-state index in [0.717, 1.165) is 11.1 Å². The first-order valence-corrected chi connectivity index (χ1v) is 9.88. The minimum absolute atomic E-state index is 0.0582. The van der Waals surface area contributed by atoms with Crippen molar-refractivity contribution in [3.63, 3.8) is 0 Å². The molecule has 0 aromatic heterocycles. The Morgan fingerprint density at radius 2 is 1.30 bits per heavy atom. The van der Waals surface area contributed by atoms with Crippen molar-refractivity contribution in [1.29, 1.82) is 0 Å². The molecule has 0 amide bonds. The first-order chi connectivity index (χ1) is 11.1. The van der Waals surface area contributed by atoms with E-state index in [1.54, 1.807) is 0 Å². The summed E-state index contributed by atoms with van der Waals surface area (Å²) in [7, 11) is -6.87. The SMILES string of the molecule is O=[PH](O)OCP(=O)(OCc1ccccc1)OCc1ccccc1. The Morgan fingerprint density at radius 1 is 0.870 bits per heavy atom. The summed E-state index contributed by atoms with van der Waals surface area (Å²) in [5, 5.41) is 0. The van der Waals surface area contributed by atoms with Gasteiger partial charge in [-0.2, -0.15) is 0 Å². The highest BCUT2D eigenvalue weighted by atomic mass is 31.2. The van der Waals surface area contributed by atoms with E-state index in [0.29, 0.717) is 0 Å². The number of hydrogen-bond donors (Lipinski definition) is 1. The molecule has 8 heteroatoms. The maximum absolute atomic E-state index is 12.7. The highest BCUT2D eigenvalue weighted by Gasteiger charge is 2.26. The van der Waals surface area contributed by atoms with Crippen LogP contribution < -0.4 is 0 Å². The van der Waals surface area contributed by atoms with Crippen molar-refractivity contribution >= 4 is 15.9 Å². The summed E-state index contributed by atoms with van der Waals surface area (Å²) in [6.07, 6.45) is -0.568. The number of benzene rings is 2. The van der Waals surface area contributed by atoms with E-state index in [2.05, 4.69) is 4.52 Å². The van der Waals surface area contributed by atoms with Gasteiger partial charge >= 0.3 is 15.9 Å². The Hall–Kier alpha value is -1.26. The largest absolute Gasteiger partial charge is 0.357 e. The van der Waals surface area contributed by atoms with Crippen LogP contribution >= 0.6 is 15.9 Å². The minimum atomic E-state index is -3.66. The zero-order valence-electron chi connectivity index (χ0n) is 12.3. The standard InChI is InChI=1S/C15H18O6P2/c16-22(17)19-13-23(18,20-11-14-7-3-1-4-8-14)21-12-15-9-5-2-6-10-15/h1-10,22H,11-13H2,(H,16,17). The lowest BCUT2D eigenvalue weighted by Crippen LogP contribution is -2.02. The molecule has 2 aromatic carbocycles. The fraction of sp³-hybridized carbons (Fsp3) is 0.200. The molecule has 1 unspecified atom stereocenters. The molecule has 1 N–H and O–H groups in total. The zero-order chi connectivity index (χ0) is 16.5. The highest BCUT2D eigenvalue weighted by Crippen LogP contribution is 2.51. The molecular weight excluding hydrogens is 338 g/mol. The lowest BCUT2D eigenvalue weighted by atomic mass is 10.2. The first kappa shape index (κ1) is 18.1. The zero-order valence-corrected chi connectivity index (χ0v) is 14.2. The number of rotatable bonds is 9. The van der Waals surface area contributed by atoms with Crippen molar-refractivity contribution in [2.75, 3.05) is 6.35 Å². The Kier molecular flexibility index (Phi) is 7.18. The van der Waals surface area contributed by atoms with E-state index < -0.39 is 22.2 Å². The van der Waals surface area contributed by atoms with Gasteiger partial charge in [-0.1, -0.05) is 60.7 Å². The third-order valence-corrected chi connectivity index (χ3v) is 5.01. The molecule has 23 heavy (non-hydrogen) atoms. The predicted molar refractivity (Wildman–Crippen MR) is 87.2 cm³/mol. The molecule has 0 saturated carbocycles. The molecule has 0 aliphatic rings. The summed E-state index contributed by atoms with van der Waals surface area (Å²) < 4.78 is 38.7. The molecule has 0 bridgehead atoms. The molecule has 0 saturated heterocycles. The van der Waals surface area contributed by atoms with Gasteiger partial charge < -0.3 is 13.9 Å². The summed E-state index contributed by atoms with van der Waals surface area (Å²) in [6, 6.07) is 18.3. The Balaban J connectivity index is 1.99. The van der Waals surface area contributed by atoms with Gasteiger partial charge in [0.15, 0.2) is 6.35 Å². The fourth-order valence-electron chi connectivity index (χ4n) is 1.74. The van der Waals surface area contributed by atoms with E-state index in [4.69, 9.17) is 13.9 Å². The average molecular weight is 356 g/mol. The normalized spacial score (nSPS) is 12.9. The average Bonchev–Trinajstić information content (AvgIpc) is 2.59. The third kappa shape index (κ3) is 6.80.